The lowest BCUT2D eigenvalue weighted by atomic mass is 10.0. The molecule has 0 fully saturated rings. The molecule has 0 aliphatic rings. The number of nitro benzene ring substituents is 1. The minimum Gasteiger partial charge on any atom is -0.504 e. The number of carbonyl (C=O) groups excluding carboxylic acids is 1. The molecule has 0 radical (unpaired) electrons. The van der Waals surface area contributed by atoms with E-state index in [1.54, 1.807) is 0 Å². The maximum Gasteiger partial charge on any atom is 0.315 e. The first kappa shape index (κ1) is 14.4. The van der Waals surface area contributed by atoms with Crippen LogP contribution in [0.1, 0.15) is 15.9 Å². The normalized spacial score (nSPS) is 10.2. The van der Waals surface area contributed by atoms with Crippen molar-refractivity contribution in [2.75, 3.05) is 7.11 Å². The molecule has 2 aromatic carbocycles. The number of hydrogen-bond acceptors (Lipinski definition) is 5. The van der Waals surface area contributed by atoms with Gasteiger partial charge in [-0.3, -0.25) is 14.9 Å². The van der Waals surface area contributed by atoms with Crippen molar-refractivity contribution >= 4 is 11.5 Å². The number of carbonyl (C=O) groups is 1. The monoisotopic (exact) mass is 291 g/mol. The van der Waals surface area contributed by atoms with Crippen LogP contribution in [0, 0.1) is 15.9 Å². The highest BCUT2D eigenvalue weighted by Crippen LogP contribution is 2.37. The number of halogens is 1. The number of nitrogens with zero attached hydrogens (tertiary/aromatic N) is 1. The van der Waals surface area contributed by atoms with Crippen LogP contribution in [0.4, 0.5) is 10.1 Å². The lowest BCUT2D eigenvalue weighted by Gasteiger charge is -2.07. The smallest absolute Gasteiger partial charge is 0.315 e. The number of benzene rings is 2. The molecule has 1 N–H and O–H groups in total. The molecule has 21 heavy (non-hydrogen) atoms. The van der Waals surface area contributed by atoms with Gasteiger partial charge in [0.25, 0.3) is 0 Å². The number of rotatable bonds is 4. The zero-order valence-electron chi connectivity index (χ0n) is 10.9. The summed E-state index contributed by atoms with van der Waals surface area (Å²) in [6, 6.07) is 7.18. The number of nitro groups is 1. The number of methoxy groups -OCH3 is 1. The fourth-order valence-electron chi connectivity index (χ4n) is 1.88. The van der Waals surface area contributed by atoms with Gasteiger partial charge in [-0.25, -0.2) is 4.39 Å². The summed E-state index contributed by atoms with van der Waals surface area (Å²) in [7, 11) is 1.15. The fraction of sp³-hybridized carbons (Fsp3) is 0.0714. The number of ether oxygens (including phenoxy) is 1. The van der Waals surface area contributed by atoms with Crippen LogP contribution in [0.2, 0.25) is 0 Å². The summed E-state index contributed by atoms with van der Waals surface area (Å²) in [5, 5.41) is 20.7. The van der Waals surface area contributed by atoms with Crippen LogP contribution in [0.15, 0.2) is 36.4 Å². The summed E-state index contributed by atoms with van der Waals surface area (Å²) in [5.41, 5.74) is -1.02. The first-order valence-corrected chi connectivity index (χ1v) is 5.80. The Labute approximate surface area is 118 Å². The van der Waals surface area contributed by atoms with E-state index in [-0.39, 0.29) is 16.9 Å². The average molecular weight is 291 g/mol. The summed E-state index contributed by atoms with van der Waals surface area (Å²) < 4.78 is 18.3. The molecule has 0 atom stereocenters. The lowest BCUT2D eigenvalue weighted by Crippen LogP contribution is -2.05. The summed E-state index contributed by atoms with van der Waals surface area (Å²) >= 11 is 0. The molecule has 0 saturated heterocycles. The second-order valence-corrected chi connectivity index (χ2v) is 4.11. The Morgan fingerprint density at radius 2 is 2.00 bits per heavy atom. The van der Waals surface area contributed by atoms with E-state index in [4.69, 9.17) is 4.74 Å². The van der Waals surface area contributed by atoms with E-state index < -0.39 is 28.0 Å². The van der Waals surface area contributed by atoms with E-state index >= 15 is 0 Å². The highest BCUT2D eigenvalue weighted by molar-refractivity contribution is 6.10. The largest absolute Gasteiger partial charge is 0.504 e. The van der Waals surface area contributed by atoms with Gasteiger partial charge in [-0.15, -0.1) is 0 Å². The van der Waals surface area contributed by atoms with Gasteiger partial charge in [-0.1, -0.05) is 12.1 Å². The molecule has 6 nitrogen and oxygen atoms in total. The molecule has 0 amide bonds. The molecule has 0 saturated carbocycles. The summed E-state index contributed by atoms with van der Waals surface area (Å²) in [6.45, 7) is 0. The van der Waals surface area contributed by atoms with Crippen LogP contribution in [-0.4, -0.2) is 22.9 Å². The highest BCUT2D eigenvalue weighted by atomic mass is 19.1. The predicted octanol–water partition coefficient (Wildman–Crippen LogP) is 2.68. The molecule has 0 bridgehead atoms. The lowest BCUT2D eigenvalue weighted by molar-refractivity contribution is -0.385. The van der Waals surface area contributed by atoms with E-state index in [0.717, 1.165) is 25.3 Å². The Morgan fingerprint density at radius 1 is 1.33 bits per heavy atom. The molecule has 0 aromatic heterocycles. The average Bonchev–Trinajstić information content (AvgIpc) is 2.46. The first-order chi connectivity index (χ1) is 9.95. The van der Waals surface area contributed by atoms with E-state index in [1.807, 2.05) is 0 Å². The molecule has 108 valence electrons. The Kier molecular flexibility index (Phi) is 3.84. The van der Waals surface area contributed by atoms with Gasteiger partial charge in [0.2, 0.25) is 5.75 Å². The predicted molar refractivity (Wildman–Crippen MR) is 71.1 cm³/mol. The van der Waals surface area contributed by atoms with Crippen molar-refractivity contribution in [3.05, 3.63) is 63.5 Å². The van der Waals surface area contributed by atoms with Gasteiger partial charge in [-0.2, -0.15) is 0 Å². The zero-order valence-corrected chi connectivity index (χ0v) is 10.9. The van der Waals surface area contributed by atoms with Gasteiger partial charge in [0.05, 0.1) is 17.6 Å². The third-order valence-electron chi connectivity index (χ3n) is 2.83. The van der Waals surface area contributed by atoms with Crippen LogP contribution in [0.5, 0.6) is 11.5 Å². The second-order valence-electron chi connectivity index (χ2n) is 4.11. The van der Waals surface area contributed by atoms with Crippen LogP contribution in [0.25, 0.3) is 0 Å². The van der Waals surface area contributed by atoms with E-state index in [1.165, 1.54) is 18.2 Å². The standard InChI is InChI=1S/C14H10FNO5/c1-21-14-11(16(19)20)6-8(7-12(14)17)13(18)9-4-2-3-5-10(9)15/h2-7,17H,1H3. The Morgan fingerprint density at radius 3 is 2.57 bits per heavy atom. The molecule has 0 unspecified atom stereocenters. The molecule has 2 rings (SSSR count). The van der Waals surface area contributed by atoms with Gasteiger partial charge in [0, 0.05) is 11.6 Å². The summed E-state index contributed by atoms with van der Waals surface area (Å²) in [5.74, 6) is -2.44. The van der Waals surface area contributed by atoms with Crippen molar-refractivity contribution < 1.29 is 24.0 Å². The topological polar surface area (TPSA) is 89.7 Å². The van der Waals surface area contributed by atoms with Gasteiger partial charge in [0.1, 0.15) is 5.82 Å². The second kappa shape index (κ2) is 5.58. The highest BCUT2D eigenvalue weighted by Gasteiger charge is 2.24. The number of aromatic hydroxyl groups is 1. The third kappa shape index (κ3) is 2.66. The number of hydrogen-bond donors (Lipinski definition) is 1. The zero-order chi connectivity index (χ0) is 15.6. The molecule has 0 aliphatic carbocycles. The van der Waals surface area contributed by atoms with Crippen molar-refractivity contribution in [2.24, 2.45) is 0 Å². The maximum absolute atomic E-state index is 13.6. The minimum atomic E-state index is -0.795. The minimum absolute atomic E-state index is 0.204. The molecule has 7 heteroatoms. The quantitative estimate of drug-likeness (QED) is 0.531. The van der Waals surface area contributed by atoms with Crippen molar-refractivity contribution in [2.45, 2.75) is 0 Å². The Bertz CT molecular complexity index is 729. The van der Waals surface area contributed by atoms with Gasteiger partial charge in [0.15, 0.2) is 11.5 Å². The van der Waals surface area contributed by atoms with E-state index in [0.29, 0.717) is 0 Å². The number of phenolic OH excluding ortho intramolecular Hbond substituents is 1. The summed E-state index contributed by atoms with van der Waals surface area (Å²) in [6.07, 6.45) is 0. The third-order valence-corrected chi connectivity index (χ3v) is 2.83. The van der Waals surface area contributed by atoms with Crippen molar-refractivity contribution in [3.8, 4) is 11.5 Å². The molecule has 2 aromatic rings. The fourth-order valence-corrected chi connectivity index (χ4v) is 1.88. The van der Waals surface area contributed by atoms with Gasteiger partial charge >= 0.3 is 5.69 Å². The Balaban J connectivity index is 2.58. The SMILES string of the molecule is COc1c(O)cc(C(=O)c2ccccc2F)cc1[N+](=O)[O-]. The van der Waals surface area contributed by atoms with Crippen molar-refractivity contribution in [1.29, 1.82) is 0 Å². The molecule has 0 aliphatic heterocycles. The van der Waals surface area contributed by atoms with Crippen molar-refractivity contribution in [3.63, 3.8) is 0 Å². The van der Waals surface area contributed by atoms with Crippen LogP contribution >= 0.6 is 0 Å². The number of phenols is 1. The van der Waals surface area contributed by atoms with Crippen LogP contribution in [0.3, 0.4) is 0 Å². The van der Waals surface area contributed by atoms with Crippen molar-refractivity contribution in [1.82, 2.24) is 0 Å². The van der Waals surface area contributed by atoms with E-state index in [2.05, 4.69) is 0 Å². The first-order valence-electron chi connectivity index (χ1n) is 5.80. The molecule has 0 spiro atoms. The Hall–Kier alpha value is -2.96. The maximum atomic E-state index is 13.6. The molecule has 0 heterocycles. The summed E-state index contributed by atoms with van der Waals surface area (Å²) in [4.78, 5) is 22.3. The van der Waals surface area contributed by atoms with Crippen LogP contribution in [-0.2, 0) is 0 Å². The van der Waals surface area contributed by atoms with Gasteiger partial charge in [-0.05, 0) is 18.2 Å². The molecular formula is C14H10FNO5. The number of ketones is 1. The van der Waals surface area contributed by atoms with E-state index in [9.17, 15) is 24.4 Å². The van der Waals surface area contributed by atoms with Gasteiger partial charge < -0.3 is 9.84 Å². The molecular weight excluding hydrogens is 281 g/mol. The van der Waals surface area contributed by atoms with Crippen LogP contribution < -0.4 is 4.74 Å².